The second-order valence-corrected chi connectivity index (χ2v) is 6.62. The second kappa shape index (κ2) is 7.93. The first-order chi connectivity index (χ1) is 12.4. The third kappa shape index (κ3) is 4.26. The van der Waals surface area contributed by atoms with E-state index in [1.165, 1.54) is 18.2 Å². The maximum absolute atomic E-state index is 13.8. The lowest BCUT2D eigenvalue weighted by atomic mass is 10.1. The quantitative estimate of drug-likeness (QED) is 0.861. The standard InChI is InChI=1S/C19H20ClFN2O3/c1-12(19(24)22-16-10-14(20)4-5-15(16)21)23(2)11-13-3-6-17-18(9-13)26-8-7-25-17/h3-6,9-10,12H,7-8,11H2,1-2H3,(H,22,24). The van der Waals surface area contributed by atoms with Crippen LogP contribution in [0.3, 0.4) is 0 Å². The molecule has 5 nitrogen and oxygen atoms in total. The predicted molar refractivity (Wildman–Crippen MR) is 98.4 cm³/mol. The van der Waals surface area contributed by atoms with E-state index in [0.29, 0.717) is 30.5 Å². The number of carbonyl (C=O) groups excluding carboxylic acids is 1. The van der Waals surface area contributed by atoms with Crippen molar-refractivity contribution in [1.82, 2.24) is 4.90 Å². The number of amides is 1. The molecule has 0 fully saturated rings. The number of ether oxygens (including phenoxy) is 2. The van der Waals surface area contributed by atoms with Crippen LogP contribution in [0.15, 0.2) is 36.4 Å². The molecule has 0 saturated heterocycles. The summed E-state index contributed by atoms with van der Waals surface area (Å²) in [5.74, 6) is 0.598. The summed E-state index contributed by atoms with van der Waals surface area (Å²) >= 11 is 5.86. The number of anilines is 1. The Bertz CT molecular complexity index is 815. The van der Waals surface area contributed by atoms with Gasteiger partial charge in [0.05, 0.1) is 11.7 Å². The SMILES string of the molecule is CC(C(=O)Nc1cc(Cl)ccc1F)N(C)Cc1ccc2c(c1)OCCO2. The third-order valence-electron chi connectivity index (χ3n) is 4.27. The maximum atomic E-state index is 13.8. The van der Waals surface area contributed by atoms with Crippen LogP contribution >= 0.6 is 11.6 Å². The van der Waals surface area contributed by atoms with Crippen molar-refractivity contribution < 1.29 is 18.7 Å². The molecule has 1 amide bonds. The van der Waals surface area contributed by atoms with E-state index >= 15 is 0 Å². The molecule has 0 spiro atoms. The Balaban J connectivity index is 1.64. The van der Waals surface area contributed by atoms with Crippen molar-refractivity contribution in [2.24, 2.45) is 0 Å². The predicted octanol–water partition coefficient (Wildman–Crippen LogP) is 3.71. The average Bonchev–Trinajstić information content (AvgIpc) is 2.64. The van der Waals surface area contributed by atoms with Gasteiger partial charge in [0.15, 0.2) is 11.5 Å². The van der Waals surface area contributed by atoms with Crippen LogP contribution < -0.4 is 14.8 Å². The van der Waals surface area contributed by atoms with E-state index in [4.69, 9.17) is 21.1 Å². The van der Waals surface area contributed by atoms with Crippen LogP contribution in [0.4, 0.5) is 10.1 Å². The Morgan fingerprint density at radius 2 is 1.96 bits per heavy atom. The first kappa shape index (κ1) is 18.5. The van der Waals surface area contributed by atoms with E-state index in [0.717, 1.165) is 11.3 Å². The molecule has 1 heterocycles. The Morgan fingerprint density at radius 1 is 1.23 bits per heavy atom. The molecular formula is C19H20ClFN2O3. The highest BCUT2D eigenvalue weighted by molar-refractivity contribution is 6.30. The number of nitrogens with zero attached hydrogens (tertiary/aromatic N) is 1. The van der Waals surface area contributed by atoms with Crippen molar-refractivity contribution in [2.45, 2.75) is 19.5 Å². The maximum Gasteiger partial charge on any atom is 0.241 e. The summed E-state index contributed by atoms with van der Waals surface area (Å²) < 4.78 is 24.9. The smallest absolute Gasteiger partial charge is 0.241 e. The second-order valence-electron chi connectivity index (χ2n) is 6.18. The molecule has 0 aromatic heterocycles. The van der Waals surface area contributed by atoms with Gasteiger partial charge in [0.2, 0.25) is 5.91 Å². The lowest BCUT2D eigenvalue weighted by Crippen LogP contribution is -2.39. The van der Waals surface area contributed by atoms with Gasteiger partial charge in [-0.25, -0.2) is 4.39 Å². The zero-order valence-corrected chi connectivity index (χ0v) is 15.3. The molecule has 1 N–H and O–H groups in total. The highest BCUT2D eigenvalue weighted by atomic mass is 35.5. The van der Waals surface area contributed by atoms with E-state index in [1.54, 1.807) is 6.92 Å². The van der Waals surface area contributed by atoms with Gasteiger partial charge in [0.1, 0.15) is 19.0 Å². The molecular weight excluding hydrogens is 359 g/mol. The molecule has 0 radical (unpaired) electrons. The fourth-order valence-corrected chi connectivity index (χ4v) is 2.81. The summed E-state index contributed by atoms with van der Waals surface area (Å²) in [5.41, 5.74) is 1.06. The first-order valence-electron chi connectivity index (χ1n) is 8.28. The average molecular weight is 379 g/mol. The molecule has 1 atom stereocenters. The van der Waals surface area contributed by atoms with Gasteiger partial charge >= 0.3 is 0 Å². The highest BCUT2D eigenvalue weighted by Crippen LogP contribution is 2.31. The van der Waals surface area contributed by atoms with Gasteiger partial charge in [0.25, 0.3) is 0 Å². The number of likely N-dealkylation sites (N-methyl/N-ethyl adjacent to an activating group) is 1. The summed E-state index contributed by atoms with van der Waals surface area (Å²) in [6.45, 7) is 3.36. The summed E-state index contributed by atoms with van der Waals surface area (Å²) in [7, 11) is 1.83. The lowest BCUT2D eigenvalue weighted by Gasteiger charge is -2.25. The zero-order chi connectivity index (χ0) is 18.7. The first-order valence-corrected chi connectivity index (χ1v) is 8.66. The Kier molecular flexibility index (Phi) is 5.64. The number of hydrogen-bond donors (Lipinski definition) is 1. The Hall–Kier alpha value is -2.31. The van der Waals surface area contributed by atoms with Gasteiger partial charge in [-0.1, -0.05) is 17.7 Å². The number of hydrogen-bond acceptors (Lipinski definition) is 4. The third-order valence-corrected chi connectivity index (χ3v) is 4.50. The molecule has 0 aliphatic carbocycles. The normalized spacial score (nSPS) is 14.2. The molecule has 1 unspecified atom stereocenters. The molecule has 7 heteroatoms. The molecule has 3 rings (SSSR count). The van der Waals surface area contributed by atoms with Crippen LogP contribution in [0.1, 0.15) is 12.5 Å². The van der Waals surface area contributed by atoms with Crippen molar-refractivity contribution in [3.63, 3.8) is 0 Å². The van der Waals surface area contributed by atoms with Gasteiger partial charge in [0, 0.05) is 11.6 Å². The van der Waals surface area contributed by atoms with Crippen LogP contribution in [0.2, 0.25) is 5.02 Å². The van der Waals surface area contributed by atoms with Crippen molar-refractivity contribution in [1.29, 1.82) is 0 Å². The molecule has 0 bridgehead atoms. The van der Waals surface area contributed by atoms with E-state index in [9.17, 15) is 9.18 Å². The molecule has 2 aromatic carbocycles. The van der Waals surface area contributed by atoms with Crippen LogP contribution in [0.25, 0.3) is 0 Å². The van der Waals surface area contributed by atoms with Gasteiger partial charge < -0.3 is 14.8 Å². The number of rotatable bonds is 5. The van der Waals surface area contributed by atoms with Gasteiger partial charge in [-0.15, -0.1) is 0 Å². The Labute approximate surface area is 156 Å². The van der Waals surface area contributed by atoms with Crippen molar-refractivity contribution in [3.05, 3.63) is 52.8 Å². The molecule has 1 aliphatic heterocycles. The molecule has 1 aliphatic rings. The summed E-state index contributed by atoms with van der Waals surface area (Å²) in [4.78, 5) is 14.3. The largest absolute Gasteiger partial charge is 0.486 e. The molecule has 138 valence electrons. The number of carbonyl (C=O) groups is 1. The number of nitrogens with one attached hydrogen (secondary N) is 1. The topological polar surface area (TPSA) is 50.8 Å². The number of halogens is 2. The number of benzene rings is 2. The zero-order valence-electron chi connectivity index (χ0n) is 14.6. The minimum atomic E-state index is -0.524. The van der Waals surface area contributed by atoms with Crippen LogP contribution in [0.5, 0.6) is 11.5 Å². The van der Waals surface area contributed by atoms with Crippen molar-refractivity contribution in [3.8, 4) is 11.5 Å². The van der Waals surface area contributed by atoms with Crippen LogP contribution in [-0.4, -0.2) is 37.1 Å². The van der Waals surface area contributed by atoms with Gasteiger partial charge in [-0.3, -0.25) is 9.69 Å². The summed E-state index contributed by atoms with van der Waals surface area (Å²) in [6.07, 6.45) is 0. The summed E-state index contributed by atoms with van der Waals surface area (Å²) in [6, 6.07) is 9.29. The minimum absolute atomic E-state index is 0.0714. The van der Waals surface area contributed by atoms with E-state index in [-0.39, 0.29) is 11.6 Å². The fraction of sp³-hybridized carbons (Fsp3) is 0.316. The minimum Gasteiger partial charge on any atom is -0.486 e. The fourth-order valence-electron chi connectivity index (χ4n) is 2.64. The van der Waals surface area contributed by atoms with Gasteiger partial charge in [-0.05, 0) is 49.9 Å². The van der Waals surface area contributed by atoms with Crippen molar-refractivity contribution in [2.75, 3.05) is 25.6 Å². The highest BCUT2D eigenvalue weighted by Gasteiger charge is 2.20. The lowest BCUT2D eigenvalue weighted by molar-refractivity contribution is -0.120. The molecule has 0 saturated carbocycles. The van der Waals surface area contributed by atoms with Gasteiger partial charge in [-0.2, -0.15) is 0 Å². The Morgan fingerprint density at radius 3 is 2.73 bits per heavy atom. The summed E-state index contributed by atoms with van der Waals surface area (Å²) in [5, 5.41) is 2.94. The number of fused-ring (bicyclic) bond motifs is 1. The molecule has 2 aromatic rings. The van der Waals surface area contributed by atoms with Crippen molar-refractivity contribution >= 4 is 23.2 Å². The van der Waals surface area contributed by atoms with E-state index < -0.39 is 11.9 Å². The van der Waals surface area contributed by atoms with E-state index in [1.807, 2.05) is 30.1 Å². The van der Waals surface area contributed by atoms with E-state index in [2.05, 4.69) is 5.32 Å². The van der Waals surface area contributed by atoms with Crippen LogP contribution in [-0.2, 0) is 11.3 Å². The van der Waals surface area contributed by atoms with Crippen LogP contribution in [0, 0.1) is 5.82 Å². The molecule has 26 heavy (non-hydrogen) atoms. The monoisotopic (exact) mass is 378 g/mol.